The Hall–Kier alpha value is -0.830. The van der Waals surface area contributed by atoms with Gasteiger partial charge in [0.05, 0.1) is 10.5 Å². The van der Waals surface area contributed by atoms with Crippen molar-refractivity contribution in [1.82, 2.24) is 4.72 Å². The Bertz CT molecular complexity index is 601. The summed E-state index contributed by atoms with van der Waals surface area (Å²) in [7, 11) is -4.23. The summed E-state index contributed by atoms with van der Waals surface area (Å²) in [5.41, 5.74) is 4.05. The number of hydrogen-bond acceptors (Lipinski definition) is 3. The molecule has 21 heavy (non-hydrogen) atoms. The van der Waals surface area contributed by atoms with Gasteiger partial charge in [-0.25, -0.2) is 13.1 Å². The Morgan fingerprint density at radius 1 is 1.24 bits per heavy atom. The van der Waals surface area contributed by atoms with E-state index in [1.54, 1.807) is 0 Å². The van der Waals surface area contributed by atoms with E-state index in [2.05, 4.69) is 4.72 Å². The first-order valence-electron chi connectivity index (χ1n) is 6.09. The lowest BCUT2D eigenvalue weighted by atomic mass is 9.78. The van der Waals surface area contributed by atoms with E-state index in [1.165, 1.54) is 6.07 Å². The largest absolute Gasteiger partial charge is 0.417 e. The molecule has 9 heteroatoms. The lowest BCUT2D eigenvalue weighted by Gasteiger charge is -2.38. The summed E-state index contributed by atoms with van der Waals surface area (Å²) in [5.74, 6) is 0. The zero-order valence-electron chi connectivity index (χ0n) is 11.0. The molecule has 1 saturated carbocycles. The van der Waals surface area contributed by atoms with Gasteiger partial charge in [-0.05, 0) is 31.4 Å². The summed E-state index contributed by atoms with van der Waals surface area (Å²) in [6, 6.07) is 4.09. The van der Waals surface area contributed by atoms with Crippen LogP contribution in [-0.2, 0) is 16.2 Å². The lowest BCUT2D eigenvalue weighted by molar-refractivity contribution is -0.139. The molecule has 0 saturated heterocycles. The van der Waals surface area contributed by atoms with E-state index in [1.807, 2.05) is 0 Å². The molecule has 1 aliphatic carbocycles. The minimum absolute atomic E-state index is 0. The molecule has 2 rings (SSSR count). The number of rotatable bonds is 4. The standard InChI is InChI=1S/C12H15F3N2O2S.ClH/c13-12(14,15)9-4-1-2-5-10(9)20(18,19)17-8-11(16)6-3-7-11;/h1-2,4-5,17H,3,6-8,16H2;1H. The zero-order chi connectivity index (χ0) is 15.0. The number of nitrogens with two attached hydrogens (primary N) is 1. The van der Waals surface area contributed by atoms with Crippen molar-refractivity contribution in [3.05, 3.63) is 29.8 Å². The van der Waals surface area contributed by atoms with Crippen molar-refractivity contribution < 1.29 is 21.6 Å². The molecule has 1 fully saturated rings. The van der Waals surface area contributed by atoms with Crippen molar-refractivity contribution in [3.63, 3.8) is 0 Å². The van der Waals surface area contributed by atoms with Gasteiger partial charge in [-0.15, -0.1) is 12.4 Å². The number of hydrogen-bond donors (Lipinski definition) is 2. The maximum absolute atomic E-state index is 12.8. The van der Waals surface area contributed by atoms with E-state index >= 15 is 0 Å². The van der Waals surface area contributed by atoms with Crippen LogP contribution in [0.4, 0.5) is 13.2 Å². The molecule has 0 radical (unpaired) electrons. The van der Waals surface area contributed by atoms with E-state index in [0.717, 1.165) is 24.6 Å². The Kier molecular flexibility index (Phi) is 5.31. The molecule has 120 valence electrons. The molecule has 1 aromatic rings. The second-order valence-electron chi connectivity index (χ2n) is 5.03. The highest BCUT2D eigenvalue weighted by molar-refractivity contribution is 7.89. The predicted molar refractivity (Wildman–Crippen MR) is 74.6 cm³/mol. The van der Waals surface area contributed by atoms with Crippen LogP contribution in [0.3, 0.4) is 0 Å². The maximum atomic E-state index is 12.8. The third kappa shape index (κ3) is 4.09. The second-order valence-corrected chi connectivity index (χ2v) is 6.77. The molecule has 0 aromatic heterocycles. The molecule has 0 atom stereocenters. The van der Waals surface area contributed by atoms with Crippen LogP contribution in [0.25, 0.3) is 0 Å². The van der Waals surface area contributed by atoms with Gasteiger partial charge in [-0.2, -0.15) is 13.2 Å². The average Bonchev–Trinajstić information content (AvgIpc) is 2.33. The van der Waals surface area contributed by atoms with Gasteiger partial charge in [-0.3, -0.25) is 0 Å². The molecular formula is C12H16ClF3N2O2S. The van der Waals surface area contributed by atoms with Gasteiger partial charge in [0, 0.05) is 12.1 Å². The Labute approximate surface area is 127 Å². The van der Waals surface area contributed by atoms with E-state index < -0.39 is 32.2 Å². The van der Waals surface area contributed by atoms with Gasteiger partial charge >= 0.3 is 6.18 Å². The maximum Gasteiger partial charge on any atom is 0.417 e. The van der Waals surface area contributed by atoms with Crippen LogP contribution < -0.4 is 10.5 Å². The summed E-state index contributed by atoms with van der Waals surface area (Å²) >= 11 is 0. The summed E-state index contributed by atoms with van der Waals surface area (Å²) in [4.78, 5) is -0.768. The number of benzene rings is 1. The fraction of sp³-hybridized carbons (Fsp3) is 0.500. The van der Waals surface area contributed by atoms with Crippen LogP contribution in [0.2, 0.25) is 0 Å². The van der Waals surface area contributed by atoms with E-state index in [0.29, 0.717) is 12.8 Å². The molecule has 0 bridgehead atoms. The first kappa shape index (κ1) is 18.2. The fourth-order valence-electron chi connectivity index (χ4n) is 2.06. The number of nitrogens with one attached hydrogen (secondary N) is 1. The third-order valence-corrected chi connectivity index (χ3v) is 4.90. The van der Waals surface area contributed by atoms with Gasteiger partial charge in [0.1, 0.15) is 0 Å². The number of halogens is 4. The van der Waals surface area contributed by atoms with Crippen molar-refractivity contribution in [2.75, 3.05) is 6.54 Å². The zero-order valence-corrected chi connectivity index (χ0v) is 12.6. The van der Waals surface area contributed by atoms with Crippen LogP contribution in [-0.4, -0.2) is 20.5 Å². The van der Waals surface area contributed by atoms with Gasteiger partial charge in [0.2, 0.25) is 10.0 Å². The highest BCUT2D eigenvalue weighted by Crippen LogP contribution is 2.34. The molecule has 0 amide bonds. The average molecular weight is 345 g/mol. The Morgan fingerprint density at radius 3 is 2.29 bits per heavy atom. The van der Waals surface area contributed by atoms with E-state index in [4.69, 9.17) is 5.73 Å². The summed E-state index contributed by atoms with van der Waals surface area (Å²) in [6.45, 7) is -0.0540. The molecule has 3 N–H and O–H groups in total. The van der Waals surface area contributed by atoms with Crippen LogP contribution in [0.5, 0.6) is 0 Å². The highest BCUT2D eigenvalue weighted by Gasteiger charge is 2.38. The monoisotopic (exact) mass is 344 g/mol. The quantitative estimate of drug-likeness (QED) is 0.880. The second kappa shape index (κ2) is 6.12. The normalized spacial score (nSPS) is 17.7. The predicted octanol–water partition coefficient (Wildman–Crippen LogP) is 2.29. The topological polar surface area (TPSA) is 72.2 Å². The first-order valence-corrected chi connectivity index (χ1v) is 7.57. The third-order valence-electron chi connectivity index (χ3n) is 3.45. The van der Waals surface area contributed by atoms with Crippen LogP contribution in [0, 0.1) is 0 Å². The summed E-state index contributed by atoms with van der Waals surface area (Å²) in [6.07, 6.45) is -2.49. The molecule has 1 aliphatic rings. The van der Waals surface area contributed by atoms with Gasteiger partial charge in [-0.1, -0.05) is 12.1 Å². The molecule has 0 spiro atoms. The van der Waals surface area contributed by atoms with Crippen LogP contribution in [0.1, 0.15) is 24.8 Å². The van der Waals surface area contributed by atoms with Gasteiger partial charge in [0.25, 0.3) is 0 Å². The Morgan fingerprint density at radius 2 is 1.81 bits per heavy atom. The van der Waals surface area contributed by atoms with Crippen LogP contribution >= 0.6 is 12.4 Å². The highest BCUT2D eigenvalue weighted by atomic mass is 35.5. The summed E-state index contributed by atoms with van der Waals surface area (Å²) in [5, 5.41) is 0. The van der Waals surface area contributed by atoms with Crippen molar-refractivity contribution in [1.29, 1.82) is 0 Å². The number of alkyl halides is 3. The minimum Gasteiger partial charge on any atom is -0.324 e. The van der Waals surface area contributed by atoms with Crippen molar-refractivity contribution in [2.45, 2.75) is 35.9 Å². The first-order chi connectivity index (χ1) is 9.14. The van der Waals surface area contributed by atoms with E-state index in [-0.39, 0.29) is 19.0 Å². The molecular weight excluding hydrogens is 329 g/mol. The van der Waals surface area contributed by atoms with Crippen molar-refractivity contribution in [2.24, 2.45) is 5.73 Å². The number of sulfonamides is 1. The summed E-state index contributed by atoms with van der Waals surface area (Å²) < 4.78 is 64.7. The van der Waals surface area contributed by atoms with Crippen LogP contribution in [0.15, 0.2) is 29.2 Å². The molecule has 1 aromatic carbocycles. The van der Waals surface area contributed by atoms with Crippen molar-refractivity contribution in [3.8, 4) is 0 Å². The lowest BCUT2D eigenvalue weighted by Crippen LogP contribution is -2.54. The SMILES string of the molecule is Cl.NC1(CNS(=O)(=O)c2ccccc2C(F)(F)F)CCC1. The molecule has 4 nitrogen and oxygen atoms in total. The molecule has 0 unspecified atom stereocenters. The van der Waals surface area contributed by atoms with Gasteiger partial charge < -0.3 is 5.73 Å². The van der Waals surface area contributed by atoms with E-state index in [9.17, 15) is 21.6 Å². The molecule has 0 aliphatic heterocycles. The van der Waals surface area contributed by atoms with Gasteiger partial charge in [0.15, 0.2) is 0 Å². The fourth-order valence-corrected chi connectivity index (χ4v) is 3.42. The van der Waals surface area contributed by atoms with Crippen molar-refractivity contribution >= 4 is 22.4 Å². The smallest absolute Gasteiger partial charge is 0.324 e. The Balaban J connectivity index is 0.00000220. The molecule has 0 heterocycles. The minimum atomic E-state index is -4.72.